The number of aliphatic carboxylic acids is 1. The van der Waals surface area contributed by atoms with Crippen molar-refractivity contribution in [3.63, 3.8) is 0 Å². The molecule has 44 heavy (non-hydrogen) atoms. The molecule has 1 aliphatic rings. The Morgan fingerprint density at radius 3 is 2.25 bits per heavy atom. The number of fused-ring (bicyclic) bond motifs is 1. The molecule has 1 fully saturated rings. The van der Waals surface area contributed by atoms with E-state index >= 15 is 0 Å². The van der Waals surface area contributed by atoms with Gasteiger partial charge >= 0.3 is 5.97 Å². The minimum atomic E-state index is -1.21. The first-order valence-corrected chi connectivity index (χ1v) is 15.2. The zero-order chi connectivity index (χ0) is 31.4. The van der Waals surface area contributed by atoms with Gasteiger partial charge in [-0.1, -0.05) is 36.4 Å². The smallest absolute Gasteiger partial charge is 0.303 e. The van der Waals surface area contributed by atoms with Crippen LogP contribution in [-0.4, -0.2) is 75.6 Å². The zero-order valence-electron chi connectivity index (χ0n) is 25.1. The lowest BCUT2D eigenvalue weighted by Gasteiger charge is -2.22. The van der Waals surface area contributed by atoms with Gasteiger partial charge in [-0.05, 0) is 91.6 Å². The van der Waals surface area contributed by atoms with E-state index < -0.39 is 31.3 Å². The van der Waals surface area contributed by atoms with Crippen LogP contribution >= 0.6 is 0 Å². The van der Waals surface area contributed by atoms with Crippen LogP contribution in [0.15, 0.2) is 79.0 Å². The Hall–Kier alpha value is -3.73. The molecule has 0 amide bonds. The minimum Gasteiger partial charge on any atom is -0.491 e. The summed E-state index contributed by atoms with van der Waals surface area (Å²) < 4.78 is 14.0. The van der Waals surface area contributed by atoms with Crippen molar-refractivity contribution in [3.8, 4) is 11.4 Å². The fraction of sp³-hybridized carbons (Fsp3) is 0.400. The number of carbonyl (C=O) groups is 1. The third-order valence-electron chi connectivity index (χ3n) is 7.87. The number of carboxylic acid groups (broad SMARTS) is 1. The van der Waals surface area contributed by atoms with Crippen LogP contribution in [-0.2, 0) is 28.8 Å². The average Bonchev–Trinajstić information content (AvgIpc) is 3.44. The highest BCUT2D eigenvalue weighted by Crippen LogP contribution is 2.29. The van der Waals surface area contributed by atoms with Crippen molar-refractivity contribution in [2.45, 2.75) is 56.6 Å². The molecule has 0 aliphatic carbocycles. The second-order valence-electron chi connectivity index (χ2n) is 11.4. The lowest BCUT2D eigenvalue weighted by molar-refractivity contribution is -0.136. The van der Waals surface area contributed by atoms with Gasteiger partial charge in [-0.25, -0.2) is 0 Å². The number of ether oxygens (including phenoxy) is 2. The predicted octanol–water partition coefficient (Wildman–Crippen LogP) is 4.04. The quantitative estimate of drug-likeness (QED) is 0.154. The summed E-state index contributed by atoms with van der Waals surface area (Å²) in [7, 11) is 0. The Kier molecular flexibility index (Phi) is 12.3. The minimum absolute atomic E-state index is 0.138. The van der Waals surface area contributed by atoms with Gasteiger partial charge in [-0.3, -0.25) is 4.79 Å². The van der Waals surface area contributed by atoms with Gasteiger partial charge in [0.15, 0.2) is 0 Å². The number of carboxylic acids is 1. The third-order valence-corrected chi connectivity index (χ3v) is 7.87. The molecule has 1 aromatic heterocycles. The van der Waals surface area contributed by atoms with Crippen LogP contribution in [0.5, 0.6) is 5.75 Å². The number of hydrogen-bond donors (Lipinski definition) is 5. The molecule has 236 valence electrons. The molecule has 3 aromatic carbocycles. The lowest BCUT2D eigenvalue weighted by atomic mass is 10.0. The predicted molar refractivity (Wildman–Crippen MR) is 170 cm³/mol. The number of nitrogens with two attached hydrogens (primary N) is 1. The van der Waals surface area contributed by atoms with E-state index in [1.165, 1.54) is 22.9 Å². The summed E-state index contributed by atoms with van der Waals surface area (Å²) in [4.78, 5) is 11.1. The number of aliphatic hydroxyl groups excluding tert-OH is 3. The molecule has 6 N–H and O–H groups in total. The molecule has 9 heteroatoms. The summed E-state index contributed by atoms with van der Waals surface area (Å²) in [6, 6.07) is 25.1. The summed E-state index contributed by atoms with van der Waals surface area (Å²) in [5, 5.41) is 35.3. The first-order valence-electron chi connectivity index (χ1n) is 15.2. The van der Waals surface area contributed by atoms with E-state index in [1.54, 1.807) is 0 Å². The summed E-state index contributed by atoms with van der Waals surface area (Å²) in [6.07, 6.45) is 8.36. The molecule has 4 aromatic rings. The van der Waals surface area contributed by atoms with Crippen molar-refractivity contribution < 1.29 is 34.7 Å². The largest absolute Gasteiger partial charge is 0.491 e. The van der Waals surface area contributed by atoms with Crippen LogP contribution in [0, 0.1) is 0 Å². The zero-order valence-corrected chi connectivity index (χ0v) is 25.1. The SMILES string of the molecule is NC(CO)(CO)CO.O=C(O)CCc1ccc2c(c1)c(CCc1ccccc1)cn2-c1ccc(OCC2CCCCO2)cc1. The van der Waals surface area contributed by atoms with Gasteiger partial charge in [-0.2, -0.15) is 0 Å². The lowest BCUT2D eigenvalue weighted by Crippen LogP contribution is -2.50. The topological polar surface area (TPSA) is 147 Å². The van der Waals surface area contributed by atoms with Crippen molar-refractivity contribution in [2.75, 3.05) is 33.0 Å². The van der Waals surface area contributed by atoms with E-state index in [4.69, 9.17) is 35.6 Å². The van der Waals surface area contributed by atoms with Gasteiger partial charge < -0.3 is 40.2 Å². The molecule has 0 spiro atoms. The third kappa shape index (κ3) is 9.38. The second kappa shape index (κ2) is 16.4. The van der Waals surface area contributed by atoms with Gasteiger partial charge in [0.1, 0.15) is 12.4 Å². The number of aromatic nitrogens is 1. The second-order valence-corrected chi connectivity index (χ2v) is 11.4. The Balaban J connectivity index is 0.000000488. The molecule has 0 saturated carbocycles. The number of nitrogens with zero attached hydrogens (tertiary/aromatic N) is 1. The number of aliphatic hydroxyl groups is 3. The molecule has 2 heterocycles. The van der Waals surface area contributed by atoms with Crippen LogP contribution in [0.3, 0.4) is 0 Å². The summed E-state index contributed by atoms with van der Waals surface area (Å²) in [5.74, 6) is 0.0824. The highest BCUT2D eigenvalue weighted by Gasteiger charge is 2.21. The van der Waals surface area contributed by atoms with Gasteiger partial charge in [0.05, 0.1) is 37.0 Å². The fourth-order valence-electron chi connectivity index (χ4n) is 5.07. The Labute approximate surface area is 258 Å². The van der Waals surface area contributed by atoms with E-state index in [0.717, 1.165) is 54.8 Å². The summed E-state index contributed by atoms with van der Waals surface area (Å²) >= 11 is 0. The Bertz CT molecular complexity index is 1440. The number of benzene rings is 3. The van der Waals surface area contributed by atoms with Crippen molar-refractivity contribution >= 4 is 16.9 Å². The van der Waals surface area contributed by atoms with E-state index in [9.17, 15) is 4.79 Å². The highest BCUT2D eigenvalue weighted by atomic mass is 16.5. The number of hydrogen-bond acceptors (Lipinski definition) is 7. The van der Waals surface area contributed by atoms with E-state index in [2.05, 4.69) is 59.3 Å². The first kappa shape index (κ1) is 33.2. The highest BCUT2D eigenvalue weighted by molar-refractivity contribution is 5.86. The van der Waals surface area contributed by atoms with Crippen LogP contribution in [0.25, 0.3) is 16.6 Å². The van der Waals surface area contributed by atoms with Crippen molar-refractivity contribution in [1.29, 1.82) is 0 Å². The summed E-state index contributed by atoms with van der Waals surface area (Å²) in [5.41, 5.74) is 9.77. The number of aryl methyl sites for hydroxylation is 3. The van der Waals surface area contributed by atoms with Gasteiger partial charge in [0.2, 0.25) is 0 Å². The van der Waals surface area contributed by atoms with Crippen LogP contribution < -0.4 is 10.5 Å². The normalized spacial score (nSPS) is 15.0. The molecule has 1 aliphatic heterocycles. The van der Waals surface area contributed by atoms with Gasteiger partial charge in [-0.15, -0.1) is 0 Å². The van der Waals surface area contributed by atoms with E-state index in [-0.39, 0.29) is 12.5 Å². The van der Waals surface area contributed by atoms with Crippen molar-refractivity contribution in [2.24, 2.45) is 5.73 Å². The van der Waals surface area contributed by atoms with Crippen molar-refractivity contribution in [3.05, 3.63) is 95.7 Å². The maximum Gasteiger partial charge on any atom is 0.303 e. The van der Waals surface area contributed by atoms with E-state index in [0.29, 0.717) is 13.0 Å². The Morgan fingerprint density at radius 1 is 0.909 bits per heavy atom. The average molecular weight is 605 g/mol. The molecular weight excluding hydrogens is 560 g/mol. The maximum atomic E-state index is 11.1. The van der Waals surface area contributed by atoms with E-state index in [1.807, 2.05) is 24.3 Å². The summed E-state index contributed by atoms with van der Waals surface area (Å²) in [6.45, 7) is 0.215. The Morgan fingerprint density at radius 2 is 1.64 bits per heavy atom. The molecule has 5 rings (SSSR count). The molecule has 0 bridgehead atoms. The monoisotopic (exact) mass is 604 g/mol. The van der Waals surface area contributed by atoms with Gasteiger partial charge in [0, 0.05) is 30.3 Å². The molecule has 1 saturated heterocycles. The number of rotatable bonds is 13. The van der Waals surface area contributed by atoms with Gasteiger partial charge in [0.25, 0.3) is 0 Å². The maximum absolute atomic E-state index is 11.1. The van der Waals surface area contributed by atoms with Crippen LogP contribution in [0.4, 0.5) is 0 Å². The van der Waals surface area contributed by atoms with Crippen LogP contribution in [0.1, 0.15) is 42.4 Å². The fourth-order valence-corrected chi connectivity index (χ4v) is 5.07. The first-order chi connectivity index (χ1) is 21.3. The van der Waals surface area contributed by atoms with Crippen molar-refractivity contribution in [1.82, 2.24) is 4.57 Å². The molecule has 9 nitrogen and oxygen atoms in total. The molecule has 1 atom stereocenters. The van der Waals surface area contributed by atoms with Crippen LogP contribution in [0.2, 0.25) is 0 Å². The molecule has 0 radical (unpaired) electrons. The standard InChI is InChI=1S/C31H33NO4.C4H11NO3/c33-31(34)18-11-24-10-17-30-29(20-24)25(12-9-23-6-2-1-3-7-23)21-32(30)26-13-15-27(16-14-26)36-22-28-8-4-5-19-35-28;5-4(1-6,2-7)3-8/h1-3,6-7,10,13-17,20-21,28H,4-5,8-9,11-12,18-19,22H2,(H,33,34);6-8H,1-3,5H2. The molecular formula is C35H44N2O7. The molecule has 1 unspecified atom stereocenters.